The zero-order valence-corrected chi connectivity index (χ0v) is 10.2. The minimum absolute atomic E-state index is 0.215. The highest BCUT2D eigenvalue weighted by Crippen LogP contribution is 2.43. The molecule has 0 aliphatic carbocycles. The van der Waals surface area contributed by atoms with Gasteiger partial charge in [0, 0.05) is 0 Å². The van der Waals surface area contributed by atoms with Gasteiger partial charge in [-0.15, -0.1) is 0 Å². The number of aryl methyl sites for hydroxylation is 1. The molecule has 6 nitrogen and oxygen atoms in total. The molecule has 1 aliphatic rings. The zero-order chi connectivity index (χ0) is 12.7. The van der Waals surface area contributed by atoms with E-state index in [2.05, 4.69) is 10.1 Å². The molecular formula is C12H13N3O3. The van der Waals surface area contributed by atoms with E-state index in [0.29, 0.717) is 23.2 Å². The maximum atomic E-state index is 5.49. The van der Waals surface area contributed by atoms with Crippen LogP contribution in [0.15, 0.2) is 10.6 Å². The lowest BCUT2D eigenvalue weighted by Crippen LogP contribution is -1.97. The number of ether oxygens (including phenoxy) is 2. The molecule has 3 rings (SSSR count). The van der Waals surface area contributed by atoms with E-state index in [1.807, 2.05) is 19.9 Å². The zero-order valence-electron chi connectivity index (χ0n) is 10.2. The third-order valence-corrected chi connectivity index (χ3v) is 3.05. The molecule has 2 aromatic rings. The van der Waals surface area contributed by atoms with Crippen molar-refractivity contribution in [3.05, 3.63) is 23.1 Å². The Morgan fingerprint density at radius 3 is 2.89 bits per heavy atom. The molecule has 1 aromatic carbocycles. The van der Waals surface area contributed by atoms with Crippen LogP contribution in [0.4, 0.5) is 0 Å². The van der Waals surface area contributed by atoms with Crippen molar-refractivity contribution in [2.24, 2.45) is 5.73 Å². The molecule has 0 atom stereocenters. The number of nitrogens with zero attached hydrogens (tertiary/aromatic N) is 2. The Kier molecular flexibility index (Phi) is 2.45. The number of aromatic nitrogens is 2. The van der Waals surface area contributed by atoms with E-state index in [0.717, 1.165) is 16.7 Å². The Morgan fingerprint density at radius 2 is 2.17 bits per heavy atom. The quantitative estimate of drug-likeness (QED) is 0.866. The summed E-state index contributed by atoms with van der Waals surface area (Å²) in [5, 5.41) is 3.94. The second kappa shape index (κ2) is 3.99. The van der Waals surface area contributed by atoms with Gasteiger partial charge in [-0.05, 0) is 31.0 Å². The molecule has 94 valence electrons. The van der Waals surface area contributed by atoms with E-state index < -0.39 is 0 Å². The van der Waals surface area contributed by atoms with E-state index >= 15 is 0 Å². The average molecular weight is 247 g/mol. The maximum Gasteiger partial charge on any atom is 0.240 e. The van der Waals surface area contributed by atoms with Crippen LogP contribution >= 0.6 is 0 Å². The molecular weight excluding hydrogens is 234 g/mol. The van der Waals surface area contributed by atoms with Crippen molar-refractivity contribution < 1.29 is 14.0 Å². The average Bonchev–Trinajstić information content (AvgIpc) is 2.99. The van der Waals surface area contributed by atoms with E-state index in [4.69, 9.17) is 19.7 Å². The van der Waals surface area contributed by atoms with Crippen molar-refractivity contribution in [1.82, 2.24) is 10.1 Å². The summed E-state index contributed by atoms with van der Waals surface area (Å²) >= 11 is 0. The van der Waals surface area contributed by atoms with Gasteiger partial charge in [-0.1, -0.05) is 5.16 Å². The van der Waals surface area contributed by atoms with Crippen LogP contribution in [0.5, 0.6) is 11.5 Å². The molecule has 1 aliphatic heterocycles. The highest BCUT2D eigenvalue weighted by atomic mass is 16.7. The van der Waals surface area contributed by atoms with E-state index in [-0.39, 0.29) is 13.3 Å². The first kappa shape index (κ1) is 11.0. The van der Waals surface area contributed by atoms with E-state index in [9.17, 15) is 0 Å². The van der Waals surface area contributed by atoms with Crippen molar-refractivity contribution >= 4 is 0 Å². The Balaban J connectivity index is 2.21. The maximum absolute atomic E-state index is 5.49. The summed E-state index contributed by atoms with van der Waals surface area (Å²) < 4.78 is 15.9. The van der Waals surface area contributed by atoms with Crippen molar-refractivity contribution in [3.8, 4) is 22.9 Å². The van der Waals surface area contributed by atoms with Crippen LogP contribution in [0.1, 0.15) is 17.0 Å². The lowest BCUT2D eigenvalue weighted by molar-refractivity contribution is 0.174. The van der Waals surface area contributed by atoms with Crippen LogP contribution in [-0.4, -0.2) is 16.9 Å². The topological polar surface area (TPSA) is 83.4 Å². The molecule has 0 fully saturated rings. The SMILES string of the molecule is Cc1cc2c(c(-c3noc(CN)n3)c1C)OCO2. The van der Waals surface area contributed by atoms with Gasteiger partial charge >= 0.3 is 0 Å². The van der Waals surface area contributed by atoms with Gasteiger partial charge in [0.05, 0.1) is 12.1 Å². The van der Waals surface area contributed by atoms with E-state index in [1.54, 1.807) is 0 Å². The number of nitrogens with two attached hydrogens (primary N) is 1. The van der Waals surface area contributed by atoms with Crippen LogP contribution in [0.25, 0.3) is 11.4 Å². The first-order valence-corrected chi connectivity index (χ1v) is 5.63. The fourth-order valence-corrected chi connectivity index (χ4v) is 1.97. The van der Waals surface area contributed by atoms with Crippen LogP contribution in [0.2, 0.25) is 0 Å². The van der Waals surface area contributed by atoms with Gasteiger partial charge in [0.1, 0.15) is 0 Å². The van der Waals surface area contributed by atoms with Gasteiger partial charge in [0.2, 0.25) is 18.5 Å². The third-order valence-electron chi connectivity index (χ3n) is 3.05. The summed E-state index contributed by atoms with van der Waals surface area (Å²) in [4.78, 5) is 4.24. The Labute approximate surface area is 104 Å². The third kappa shape index (κ3) is 1.53. The number of rotatable bonds is 2. The molecule has 0 radical (unpaired) electrons. The van der Waals surface area contributed by atoms with Crippen molar-refractivity contribution in [3.63, 3.8) is 0 Å². The number of benzene rings is 1. The fraction of sp³-hybridized carbons (Fsp3) is 0.333. The molecule has 0 bridgehead atoms. The largest absolute Gasteiger partial charge is 0.454 e. The summed E-state index contributed by atoms with van der Waals surface area (Å²) in [6.45, 7) is 4.43. The molecule has 2 N–H and O–H groups in total. The molecule has 0 saturated heterocycles. The van der Waals surface area contributed by atoms with Crippen LogP contribution in [0, 0.1) is 13.8 Å². The van der Waals surface area contributed by atoms with Crippen LogP contribution in [-0.2, 0) is 6.54 Å². The van der Waals surface area contributed by atoms with E-state index in [1.165, 1.54) is 0 Å². The predicted octanol–water partition coefficient (Wildman–Crippen LogP) is 1.54. The lowest BCUT2D eigenvalue weighted by atomic mass is 10.0. The van der Waals surface area contributed by atoms with Gasteiger partial charge < -0.3 is 19.7 Å². The molecule has 1 aromatic heterocycles. The van der Waals surface area contributed by atoms with Gasteiger partial charge in [0.25, 0.3) is 0 Å². The second-order valence-corrected chi connectivity index (χ2v) is 4.14. The summed E-state index contributed by atoms with van der Waals surface area (Å²) in [7, 11) is 0. The minimum atomic E-state index is 0.215. The summed E-state index contributed by atoms with van der Waals surface area (Å²) in [6.07, 6.45) is 0. The highest BCUT2D eigenvalue weighted by Gasteiger charge is 2.25. The number of fused-ring (bicyclic) bond motifs is 1. The van der Waals surface area contributed by atoms with Gasteiger partial charge in [-0.25, -0.2) is 0 Å². The normalized spacial score (nSPS) is 13.1. The first-order chi connectivity index (χ1) is 8.70. The molecule has 0 unspecified atom stereocenters. The standard InChI is InChI=1S/C12H13N3O3/c1-6-3-8-11(17-5-16-8)10(7(6)2)12-14-9(4-13)18-15-12/h3H,4-5,13H2,1-2H3. The van der Waals surface area contributed by atoms with Gasteiger partial charge in [-0.3, -0.25) is 0 Å². The highest BCUT2D eigenvalue weighted by molar-refractivity contribution is 5.74. The summed E-state index contributed by atoms with van der Waals surface area (Å²) in [5.74, 6) is 2.27. The molecule has 18 heavy (non-hydrogen) atoms. The van der Waals surface area contributed by atoms with Crippen molar-refractivity contribution in [1.29, 1.82) is 0 Å². The van der Waals surface area contributed by atoms with Gasteiger partial charge in [0.15, 0.2) is 11.5 Å². The minimum Gasteiger partial charge on any atom is -0.454 e. The molecule has 0 spiro atoms. The number of hydrogen-bond donors (Lipinski definition) is 1. The molecule has 0 saturated carbocycles. The van der Waals surface area contributed by atoms with Crippen molar-refractivity contribution in [2.75, 3.05) is 6.79 Å². The summed E-state index contributed by atoms with van der Waals surface area (Å²) in [6, 6.07) is 1.95. The predicted molar refractivity (Wildman–Crippen MR) is 63.2 cm³/mol. The fourth-order valence-electron chi connectivity index (χ4n) is 1.97. The van der Waals surface area contributed by atoms with Crippen LogP contribution < -0.4 is 15.2 Å². The van der Waals surface area contributed by atoms with Gasteiger partial charge in [-0.2, -0.15) is 4.98 Å². The monoisotopic (exact) mass is 247 g/mol. The molecule has 0 amide bonds. The second-order valence-electron chi connectivity index (χ2n) is 4.14. The van der Waals surface area contributed by atoms with Crippen LogP contribution in [0.3, 0.4) is 0 Å². The Morgan fingerprint density at radius 1 is 1.33 bits per heavy atom. The number of hydrogen-bond acceptors (Lipinski definition) is 6. The smallest absolute Gasteiger partial charge is 0.240 e. The molecule has 6 heteroatoms. The van der Waals surface area contributed by atoms with Crippen molar-refractivity contribution in [2.45, 2.75) is 20.4 Å². The first-order valence-electron chi connectivity index (χ1n) is 5.63. The lowest BCUT2D eigenvalue weighted by Gasteiger charge is -2.08. The Hall–Kier alpha value is -2.08. The molecule has 2 heterocycles. The summed E-state index contributed by atoms with van der Waals surface area (Å²) in [5.41, 5.74) is 8.42. The Bertz CT molecular complexity index is 607.